The predicted octanol–water partition coefficient (Wildman–Crippen LogP) is 3.32. The van der Waals surface area contributed by atoms with E-state index in [1.54, 1.807) is 18.2 Å². The summed E-state index contributed by atoms with van der Waals surface area (Å²) in [4.78, 5) is 31.0. The fourth-order valence-corrected chi connectivity index (χ4v) is 3.55. The van der Waals surface area contributed by atoms with Gasteiger partial charge in [0.15, 0.2) is 5.58 Å². The third-order valence-electron chi connectivity index (χ3n) is 5.24. The number of hydrogen-bond donors (Lipinski definition) is 2. The predicted molar refractivity (Wildman–Crippen MR) is 112 cm³/mol. The van der Waals surface area contributed by atoms with Crippen LogP contribution in [-0.4, -0.2) is 58.6 Å². The van der Waals surface area contributed by atoms with E-state index in [0.717, 1.165) is 38.4 Å². The molecule has 0 bridgehead atoms. The first-order chi connectivity index (χ1) is 14.4. The molecule has 4 rings (SSSR count). The molecule has 1 aromatic carbocycles. The molecule has 0 spiro atoms. The van der Waals surface area contributed by atoms with Gasteiger partial charge in [0.05, 0.1) is 11.1 Å². The molecule has 2 N–H and O–H groups in total. The first-order valence-corrected chi connectivity index (χ1v) is 9.60. The third kappa shape index (κ3) is 3.90. The number of piperazine rings is 1. The minimum Gasteiger partial charge on any atom is -0.475 e. The molecule has 10 nitrogen and oxygen atoms in total. The lowest BCUT2D eigenvalue weighted by atomic mass is 10.2. The smallest absolute Gasteiger partial charge is 0.371 e. The summed E-state index contributed by atoms with van der Waals surface area (Å²) in [5, 5.41) is 24.2. The van der Waals surface area contributed by atoms with Crippen LogP contribution in [0.25, 0.3) is 11.0 Å². The van der Waals surface area contributed by atoms with E-state index in [0.29, 0.717) is 22.5 Å². The van der Waals surface area contributed by atoms with Crippen LogP contribution in [0.5, 0.6) is 0 Å². The van der Waals surface area contributed by atoms with Gasteiger partial charge < -0.3 is 24.6 Å². The van der Waals surface area contributed by atoms with Crippen LogP contribution in [-0.2, 0) is 0 Å². The summed E-state index contributed by atoms with van der Waals surface area (Å²) in [7, 11) is 0. The fraction of sp³-hybridized carbons (Fsp3) is 0.300. The van der Waals surface area contributed by atoms with Crippen molar-refractivity contribution in [1.82, 2.24) is 9.88 Å². The van der Waals surface area contributed by atoms with Crippen LogP contribution < -0.4 is 10.2 Å². The Morgan fingerprint density at radius 1 is 1.27 bits per heavy atom. The molecule has 156 valence electrons. The van der Waals surface area contributed by atoms with Crippen LogP contribution in [0.15, 0.2) is 40.9 Å². The molecular formula is C20H21N5O5. The first-order valence-electron chi connectivity index (χ1n) is 9.60. The van der Waals surface area contributed by atoms with Crippen LogP contribution in [0.2, 0.25) is 0 Å². The Balaban J connectivity index is 1.58. The first kappa shape index (κ1) is 19.6. The number of hydrogen-bond acceptors (Lipinski definition) is 8. The van der Waals surface area contributed by atoms with Gasteiger partial charge >= 0.3 is 5.97 Å². The number of rotatable bonds is 6. The number of nitrogens with one attached hydrogen (secondary N) is 1. The molecule has 3 aromatic rings. The second-order valence-electron chi connectivity index (χ2n) is 7.03. The molecule has 0 amide bonds. The molecule has 0 unspecified atom stereocenters. The lowest BCUT2D eigenvalue weighted by molar-refractivity contribution is -0.383. The van der Waals surface area contributed by atoms with Crippen LogP contribution in [0.3, 0.4) is 0 Å². The average Bonchev–Trinajstić information content (AvgIpc) is 3.18. The number of carboxylic acids is 1. The molecule has 3 heterocycles. The highest BCUT2D eigenvalue weighted by Gasteiger charge is 2.21. The van der Waals surface area contributed by atoms with Gasteiger partial charge in [-0.2, -0.15) is 0 Å². The van der Waals surface area contributed by atoms with E-state index in [2.05, 4.69) is 27.0 Å². The van der Waals surface area contributed by atoms with Crippen molar-refractivity contribution in [3.8, 4) is 0 Å². The Hall–Kier alpha value is -3.66. The fourth-order valence-electron chi connectivity index (χ4n) is 3.55. The van der Waals surface area contributed by atoms with Gasteiger partial charge in [-0.1, -0.05) is 6.92 Å². The van der Waals surface area contributed by atoms with Gasteiger partial charge in [-0.05, 0) is 30.8 Å². The van der Waals surface area contributed by atoms with Crippen molar-refractivity contribution in [2.24, 2.45) is 0 Å². The zero-order valence-corrected chi connectivity index (χ0v) is 16.4. The molecule has 0 atom stereocenters. The number of nitro benzene ring substituents is 1. The summed E-state index contributed by atoms with van der Waals surface area (Å²) in [5.74, 6) is -1.01. The largest absolute Gasteiger partial charge is 0.475 e. The Morgan fingerprint density at radius 2 is 2.03 bits per heavy atom. The number of anilines is 3. The van der Waals surface area contributed by atoms with E-state index in [-0.39, 0.29) is 11.4 Å². The van der Waals surface area contributed by atoms with Crippen molar-refractivity contribution in [2.75, 3.05) is 42.9 Å². The summed E-state index contributed by atoms with van der Waals surface area (Å²) >= 11 is 0. The zero-order valence-electron chi connectivity index (χ0n) is 16.4. The van der Waals surface area contributed by atoms with Crippen molar-refractivity contribution in [1.29, 1.82) is 0 Å². The molecule has 1 fully saturated rings. The molecule has 1 saturated heterocycles. The number of furan rings is 1. The molecule has 1 aliphatic heterocycles. The van der Waals surface area contributed by atoms with Gasteiger partial charge in [0.1, 0.15) is 11.5 Å². The molecule has 30 heavy (non-hydrogen) atoms. The Labute approximate surface area is 171 Å². The van der Waals surface area contributed by atoms with Crippen molar-refractivity contribution in [3.63, 3.8) is 0 Å². The number of carboxylic acid groups (broad SMARTS) is 1. The highest BCUT2D eigenvalue weighted by molar-refractivity contribution is 5.92. The Kier molecular flexibility index (Phi) is 5.23. The summed E-state index contributed by atoms with van der Waals surface area (Å²) in [6, 6.07) is 8.08. The number of carbonyl (C=O) groups is 1. The number of aromatic nitrogens is 1. The number of nitrogens with zero attached hydrogens (tertiary/aromatic N) is 4. The molecule has 2 aromatic heterocycles. The van der Waals surface area contributed by atoms with Gasteiger partial charge in [0.2, 0.25) is 5.76 Å². The summed E-state index contributed by atoms with van der Waals surface area (Å²) < 4.78 is 5.19. The van der Waals surface area contributed by atoms with E-state index in [1.165, 1.54) is 12.3 Å². The number of fused-ring (bicyclic) bond motifs is 1. The number of nitro groups is 1. The lowest BCUT2D eigenvalue weighted by Crippen LogP contribution is -2.46. The second kappa shape index (κ2) is 7.99. The normalized spacial score (nSPS) is 14.8. The molecule has 1 aliphatic rings. The highest BCUT2D eigenvalue weighted by Crippen LogP contribution is 2.33. The minimum absolute atomic E-state index is 0.0502. The third-order valence-corrected chi connectivity index (χ3v) is 5.24. The number of benzene rings is 1. The number of likely N-dealkylation sites (N-methyl/N-ethyl adjacent to an activating group) is 1. The summed E-state index contributed by atoms with van der Waals surface area (Å²) in [6.45, 7) is 6.62. The van der Waals surface area contributed by atoms with Gasteiger partial charge in [-0.3, -0.25) is 10.1 Å². The van der Waals surface area contributed by atoms with E-state index in [1.807, 2.05) is 6.07 Å². The zero-order chi connectivity index (χ0) is 21.3. The van der Waals surface area contributed by atoms with Crippen molar-refractivity contribution in [2.45, 2.75) is 6.92 Å². The Bertz CT molecular complexity index is 1100. The Morgan fingerprint density at radius 3 is 2.70 bits per heavy atom. The summed E-state index contributed by atoms with van der Waals surface area (Å²) in [6.07, 6.45) is 1.39. The van der Waals surface area contributed by atoms with Crippen LogP contribution >= 0.6 is 0 Å². The standard InChI is InChI=1S/C20H21N5O5/c1-2-23-5-7-24(8-6-23)14-3-4-15(16(11-14)25(28)29)22-19-10-13-9-17(20(26)27)30-18(13)12-21-19/h3-4,9-12H,2,5-8H2,1H3,(H,21,22)(H,26,27). The average molecular weight is 411 g/mol. The van der Waals surface area contributed by atoms with Gasteiger partial charge in [0, 0.05) is 43.3 Å². The second-order valence-corrected chi connectivity index (χ2v) is 7.03. The van der Waals surface area contributed by atoms with Crippen molar-refractivity contribution in [3.05, 3.63) is 52.4 Å². The lowest BCUT2D eigenvalue weighted by Gasteiger charge is -2.35. The van der Waals surface area contributed by atoms with E-state index in [9.17, 15) is 14.9 Å². The van der Waals surface area contributed by atoms with Crippen LogP contribution in [0, 0.1) is 10.1 Å². The molecule has 0 aliphatic carbocycles. The van der Waals surface area contributed by atoms with Crippen molar-refractivity contribution >= 4 is 39.8 Å². The van der Waals surface area contributed by atoms with E-state index in [4.69, 9.17) is 9.52 Å². The molecule has 0 radical (unpaired) electrons. The van der Waals surface area contributed by atoms with Gasteiger partial charge in [0.25, 0.3) is 5.69 Å². The monoisotopic (exact) mass is 411 g/mol. The maximum absolute atomic E-state index is 11.7. The van der Waals surface area contributed by atoms with Gasteiger partial charge in [-0.25, -0.2) is 9.78 Å². The maximum Gasteiger partial charge on any atom is 0.371 e. The number of aromatic carboxylic acids is 1. The SMILES string of the molecule is CCN1CCN(c2ccc(Nc3cc4cc(C(=O)O)oc4cn3)c([N+](=O)[O-])c2)CC1. The van der Waals surface area contributed by atoms with E-state index >= 15 is 0 Å². The molecular weight excluding hydrogens is 390 g/mol. The topological polar surface area (TPSA) is 125 Å². The van der Waals surface area contributed by atoms with Crippen LogP contribution in [0.4, 0.5) is 22.9 Å². The minimum atomic E-state index is -1.17. The summed E-state index contributed by atoms with van der Waals surface area (Å²) in [5.41, 5.74) is 1.40. The van der Waals surface area contributed by atoms with E-state index < -0.39 is 10.9 Å². The molecule has 0 saturated carbocycles. The maximum atomic E-state index is 11.7. The van der Waals surface area contributed by atoms with Gasteiger partial charge in [-0.15, -0.1) is 0 Å². The highest BCUT2D eigenvalue weighted by atomic mass is 16.6. The van der Waals surface area contributed by atoms with Crippen molar-refractivity contribution < 1.29 is 19.2 Å². The number of pyridine rings is 1. The quantitative estimate of drug-likeness (QED) is 0.464. The molecule has 10 heteroatoms. The van der Waals surface area contributed by atoms with Crippen LogP contribution in [0.1, 0.15) is 17.5 Å².